The molecule has 6 nitrogen and oxygen atoms in total. The van der Waals surface area contributed by atoms with Crippen molar-refractivity contribution in [3.63, 3.8) is 0 Å². The van der Waals surface area contributed by atoms with E-state index in [-0.39, 0.29) is 54.8 Å². The van der Waals surface area contributed by atoms with Gasteiger partial charge in [0.25, 0.3) is 0 Å². The van der Waals surface area contributed by atoms with Gasteiger partial charge in [-0.05, 0) is 36.1 Å². The summed E-state index contributed by atoms with van der Waals surface area (Å²) in [6.07, 6.45) is 2.01. The molecule has 2 N–H and O–H groups in total. The SMILES string of the molecule is COc1cc2c(cc1OC)[C@@H]1C[C@H](N)[C@@H](N3C[C@H](CF)CC3=O)CN1CC2.Cl.Cl. The maximum absolute atomic E-state index is 13.0. The van der Waals surface area contributed by atoms with Crippen LogP contribution in [0.5, 0.6) is 11.5 Å². The van der Waals surface area contributed by atoms with Gasteiger partial charge < -0.3 is 20.1 Å². The van der Waals surface area contributed by atoms with Crippen LogP contribution in [-0.4, -0.2) is 68.3 Å². The fraction of sp³-hybridized carbons (Fsp3) is 0.650. The summed E-state index contributed by atoms with van der Waals surface area (Å²) < 4.78 is 24.0. The van der Waals surface area contributed by atoms with Crippen molar-refractivity contribution in [3.05, 3.63) is 23.3 Å². The average molecular weight is 450 g/mol. The van der Waals surface area contributed by atoms with Gasteiger partial charge in [0.05, 0.1) is 26.9 Å². The quantitative estimate of drug-likeness (QED) is 0.763. The third kappa shape index (κ3) is 4.29. The highest BCUT2D eigenvalue weighted by Gasteiger charge is 2.44. The minimum atomic E-state index is -0.439. The first-order valence-corrected chi connectivity index (χ1v) is 9.65. The first kappa shape index (κ1) is 24.0. The highest BCUT2D eigenvalue weighted by Crippen LogP contribution is 2.42. The predicted molar refractivity (Wildman–Crippen MR) is 114 cm³/mol. The second kappa shape index (κ2) is 9.69. The Morgan fingerprint density at radius 3 is 2.48 bits per heavy atom. The molecule has 3 aliphatic heterocycles. The van der Waals surface area contributed by atoms with E-state index in [0.29, 0.717) is 13.0 Å². The Bertz CT molecular complexity index is 739. The maximum atomic E-state index is 13.0. The second-order valence-electron chi connectivity index (χ2n) is 7.90. The van der Waals surface area contributed by atoms with E-state index in [0.717, 1.165) is 37.4 Å². The van der Waals surface area contributed by atoms with Crippen molar-refractivity contribution >= 4 is 30.7 Å². The van der Waals surface area contributed by atoms with Gasteiger partial charge in [-0.2, -0.15) is 0 Å². The summed E-state index contributed by atoms with van der Waals surface area (Å²) in [6.45, 7) is 1.72. The molecule has 4 rings (SSSR count). The summed E-state index contributed by atoms with van der Waals surface area (Å²) in [5, 5.41) is 0. The fourth-order valence-electron chi connectivity index (χ4n) is 4.93. The highest BCUT2D eigenvalue weighted by atomic mass is 35.5. The molecule has 0 aromatic heterocycles. The van der Waals surface area contributed by atoms with Crippen molar-refractivity contribution in [2.45, 2.75) is 37.4 Å². The molecule has 0 aliphatic carbocycles. The van der Waals surface area contributed by atoms with Crippen molar-refractivity contribution in [2.24, 2.45) is 11.7 Å². The molecule has 1 aromatic carbocycles. The zero-order valence-corrected chi connectivity index (χ0v) is 18.4. The minimum absolute atomic E-state index is 0. The average Bonchev–Trinajstić information content (AvgIpc) is 3.06. The molecule has 9 heteroatoms. The van der Waals surface area contributed by atoms with E-state index in [4.69, 9.17) is 15.2 Å². The second-order valence-corrected chi connectivity index (χ2v) is 7.90. The van der Waals surface area contributed by atoms with E-state index in [1.807, 2.05) is 4.90 Å². The molecule has 0 unspecified atom stereocenters. The largest absolute Gasteiger partial charge is 0.493 e. The third-order valence-corrected chi connectivity index (χ3v) is 6.38. The monoisotopic (exact) mass is 449 g/mol. The van der Waals surface area contributed by atoms with Crippen molar-refractivity contribution in [3.8, 4) is 11.5 Å². The number of piperidine rings is 1. The molecule has 3 aliphatic rings. The third-order valence-electron chi connectivity index (χ3n) is 6.38. The van der Waals surface area contributed by atoms with Gasteiger partial charge >= 0.3 is 0 Å². The summed E-state index contributed by atoms with van der Waals surface area (Å²) >= 11 is 0. The Balaban J connectivity index is 0.00000150. The van der Waals surface area contributed by atoms with Crippen molar-refractivity contribution < 1.29 is 18.7 Å². The van der Waals surface area contributed by atoms with Gasteiger partial charge in [0.2, 0.25) is 5.91 Å². The predicted octanol–water partition coefficient (Wildman–Crippen LogP) is 2.36. The van der Waals surface area contributed by atoms with Gasteiger partial charge in [0, 0.05) is 44.1 Å². The molecule has 3 heterocycles. The van der Waals surface area contributed by atoms with Crippen molar-refractivity contribution in [2.75, 3.05) is 40.5 Å². The van der Waals surface area contributed by atoms with Gasteiger partial charge in [-0.15, -0.1) is 24.8 Å². The Morgan fingerprint density at radius 1 is 1.17 bits per heavy atom. The Labute approximate surface area is 183 Å². The lowest BCUT2D eigenvalue weighted by molar-refractivity contribution is -0.131. The summed E-state index contributed by atoms with van der Waals surface area (Å²) in [4.78, 5) is 16.6. The molecular formula is C20H30Cl2FN3O3. The molecule has 0 bridgehead atoms. The van der Waals surface area contributed by atoms with Crippen LogP contribution >= 0.6 is 24.8 Å². The molecule has 1 aromatic rings. The van der Waals surface area contributed by atoms with Crippen LogP contribution in [0.1, 0.15) is 30.0 Å². The number of methoxy groups -OCH3 is 2. The van der Waals surface area contributed by atoms with E-state index in [1.165, 1.54) is 11.1 Å². The maximum Gasteiger partial charge on any atom is 0.223 e. The van der Waals surface area contributed by atoms with Gasteiger partial charge in [-0.1, -0.05) is 0 Å². The van der Waals surface area contributed by atoms with E-state index in [9.17, 15) is 9.18 Å². The van der Waals surface area contributed by atoms with Crippen LogP contribution in [0.15, 0.2) is 12.1 Å². The number of carbonyl (C=O) groups excluding carboxylic acids is 1. The normalized spacial score (nSPS) is 28.7. The number of fused-ring (bicyclic) bond motifs is 3. The zero-order valence-electron chi connectivity index (χ0n) is 16.8. The fourth-order valence-corrected chi connectivity index (χ4v) is 4.93. The summed E-state index contributed by atoms with van der Waals surface area (Å²) in [5.74, 6) is 1.35. The number of carbonyl (C=O) groups is 1. The van der Waals surface area contributed by atoms with Gasteiger partial charge in [-0.25, -0.2) is 0 Å². The number of alkyl halides is 1. The topological polar surface area (TPSA) is 68.0 Å². The van der Waals surface area contributed by atoms with Crippen molar-refractivity contribution in [1.29, 1.82) is 0 Å². The molecule has 0 radical (unpaired) electrons. The lowest BCUT2D eigenvalue weighted by Crippen LogP contribution is -2.60. The van der Waals surface area contributed by atoms with E-state index in [2.05, 4.69) is 17.0 Å². The molecule has 0 spiro atoms. The molecule has 4 atom stereocenters. The van der Waals surface area contributed by atoms with Crippen LogP contribution in [0.2, 0.25) is 0 Å². The number of amides is 1. The first-order chi connectivity index (χ1) is 13.0. The number of nitrogens with two attached hydrogens (primary N) is 1. The van der Waals surface area contributed by atoms with E-state index < -0.39 is 6.67 Å². The number of ether oxygens (including phenoxy) is 2. The Hall–Kier alpha value is -1.28. The summed E-state index contributed by atoms with van der Waals surface area (Å²) in [5.41, 5.74) is 9.04. The lowest BCUT2D eigenvalue weighted by Gasteiger charge is -2.48. The van der Waals surface area contributed by atoms with E-state index in [1.54, 1.807) is 14.2 Å². The number of halogens is 3. The molecule has 164 valence electrons. The minimum Gasteiger partial charge on any atom is -0.493 e. The lowest BCUT2D eigenvalue weighted by atomic mass is 9.83. The standard InChI is InChI=1S/C20H28FN3O3.2ClH/c1-26-18-6-13-3-4-23-11-17(24-10-12(9-21)5-20(24)25)15(22)8-16(23)14(13)7-19(18)27-2;;/h6-7,12,15-17H,3-5,8-11,22H2,1-2H3;2*1H/t12-,15-,16-,17-;;/m0../s1. The number of nitrogens with zero attached hydrogens (tertiary/aromatic N) is 2. The number of hydrogen-bond acceptors (Lipinski definition) is 5. The van der Waals surface area contributed by atoms with Crippen molar-refractivity contribution in [1.82, 2.24) is 9.80 Å². The van der Waals surface area contributed by atoms with Crippen LogP contribution in [0.3, 0.4) is 0 Å². The van der Waals surface area contributed by atoms with Crippen LogP contribution in [-0.2, 0) is 11.2 Å². The molecule has 2 saturated heterocycles. The first-order valence-electron chi connectivity index (χ1n) is 9.65. The Kier molecular flexibility index (Phi) is 8.01. The molecule has 0 saturated carbocycles. The van der Waals surface area contributed by atoms with Gasteiger partial charge in [0.1, 0.15) is 0 Å². The number of hydrogen-bond donors (Lipinski definition) is 1. The Morgan fingerprint density at radius 2 is 1.86 bits per heavy atom. The van der Waals surface area contributed by atoms with Crippen LogP contribution in [0.4, 0.5) is 4.39 Å². The highest BCUT2D eigenvalue weighted by molar-refractivity contribution is 5.85. The number of likely N-dealkylation sites (tertiary alicyclic amines) is 1. The number of benzene rings is 1. The smallest absolute Gasteiger partial charge is 0.223 e. The summed E-state index contributed by atoms with van der Waals surface area (Å²) in [7, 11) is 3.30. The number of rotatable bonds is 4. The molecule has 1 amide bonds. The van der Waals surface area contributed by atoms with Crippen LogP contribution < -0.4 is 15.2 Å². The molecule has 29 heavy (non-hydrogen) atoms. The zero-order chi connectivity index (χ0) is 19.1. The molecule has 2 fully saturated rings. The molecular weight excluding hydrogens is 420 g/mol. The van der Waals surface area contributed by atoms with Crippen LogP contribution in [0.25, 0.3) is 0 Å². The van der Waals surface area contributed by atoms with Gasteiger partial charge in [-0.3, -0.25) is 14.1 Å². The summed E-state index contributed by atoms with van der Waals surface area (Å²) in [6, 6.07) is 4.20. The van der Waals surface area contributed by atoms with Crippen LogP contribution in [0, 0.1) is 5.92 Å². The van der Waals surface area contributed by atoms with Gasteiger partial charge in [0.15, 0.2) is 11.5 Å². The van der Waals surface area contributed by atoms with E-state index >= 15 is 0 Å².